The Morgan fingerprint density at radius 2 is 2.10 bits per heavy atom. The second-order valence-corrected chi connectivity index (χ2v) is 9.29. The van der Waals surface area contributed by atoms with Crippen molar-refractivity contribution >= 4 is 44.2 Å². The number of para-hydroxylation sites is 1. The summed E-state index contributed by atoms with van der Waals surface area (Å²) in [5, 5.41) is 1.68. The van der Waals surface area contributed by atoms with Crippen LogP contribution in [-0.4, -0.2) is 14.5 Å². The van der Waals surface area contributed by atoms with Gasteiger partial charge in [-0.1, -0.05) is 17.8 Å². The molecule has 0 radical (unpaired) electrons. The van der Waals surface area contributed by atoms with Crippen LogP contribution in [0.5, 0.6) is 0 Å². The molecule has 3 aromatic heterocycles. The number of thiophene rings is 1. The van der Waals surface area contributed by atoms with Crippen LogP contribution in [0, 0.1) is 5.82 Å². The van der Waals surface area contributed by atoms with E-state index >= 15 is 0 Å². The van der Waals surface area contributed by atoms with Crippen LogP contribution in [0.3, 0.4) is 0 Å². The van der Waals surface area contributed by atoms with E-state index in [0.29, 0.717) is 22.0 Å². The van der Waals surface area contributed by atoms with E-state index in [-0.39, 0.29) is 16.5 Å². The average molecular weight is 428 g/mol. The summed E-state index contributed by atoms with van der Waals surface area (Å²) in [6, 6.07) is 5.94. The normalized spacial score (nSPS) is 13.9. The average Bonchev–Trinajstić information content (AvgIpc) is 3.09. The maximum Gasteiger partial charge on any atom is 0.262 e. The smallest absolute Gasteiger partial charge is 0.262 e. The van der Waals surface area contributed by atoms with Gasteiger partial charge in [0, 0.05) is 34.8 Å². The Morgan fingerprint density at radius 1 is 1.28 bits per heavy atom. The lowest BCUT2D eigenvalue weighted by Gasteiger charge is -2.11. The number of nitrogens with one attached hydrogen (secondary N) is 1. The van der Waals surface area contributed by atoms with Crippen LogP contribution in [0.1, 0.15) is 29.0 Å². The number of aryl methyl sites for hydroxylation is 2. The van der Waals surface area contributed by atoms with Gasteiger partial charge >= 0.3 is 0 Å². The van der Waals surface area contributed by atoms with Crippen molar-refractivity contribution in [3.05, 3.63) is 66.8 Å². The fourth-order valence-electron chi connectivity index (χ4n) is 3.91. The van der Waals surface area contributed by atoms with E-state index in [1.165, 1.54) is 40.4 Å². The molecule has 1 aromatic carbocycles. The van der Waals surface area contributed by atoms with Gasteiger partial charge in [0.05, 0.1) is 10.9 Å². The van der Waals surface area contributed by atoms with Crippen molar-refractivity contribution in [3.8, 4) is 0 Å². The predicted octanol–water partition coefficient (Wildman–Crippen LogP) is 4.15. The third-order valence-corrected chi connectivity index (χ3v) is 7.65. The molecule has 0 atom stereocenters. The lowest BCUT2D eigenvalue weighted by Crippen LogP contribution is -2.20. The Bertz CT molecular complexity index is 1390. The topological polar surface area (TPSA) is 67.8 Å². The van der Waals surface area contributed by atoms with Crippen LogP contribution in [0.2, 0.25) is 0 Å². The molecule has 0 fully saturated rings. The largest absolute Gasteiger partial charge is 0.355 e. The fraction of sp³-hybridized carbons (Fsp3) is 0.286. The molecule has 29 heavy (non-hydrogen) atoms. The van der Waals surface area contributed by atoms with Crippen molar-refractivity contribution in [2.45, 2.75) is 36.6 Å². The number of fused-ring (bicyclic) bond motifs is 4. The van der Waals surface area contributed by atoms with Gasteiger partial charge in [-0.2, -0.15) is 0 Å². The van der Waals surface area contributed by atoms with Crippen LogP contribution in [0.25, 0.3) is 21.1 Å². The first-order valence-electron chi connectivity index (χ1n) is 9.47. The molecule has 0 bridgehead atoms. The molecular weight excluding hydrogens is 409 g/mol. The number of aromatic amines is 1. The van der Waals surface area contributed by atoms with Crippen molar-refractivity contribution < 1.29 is 4.39 Å². The minimum absolute atomic E-state index is 0.0186. The third kappa shape index (κ3) is 3.11. The van der Waals surface area contributed by atoms with Gasteiger partial charge < -0.3 is 4.98 Å². The molecule has 4 aromatic rings. The lowest BCUT2D eigenvalue weighted by molar-refractivity contribution is 0.636. The second-order valence-electron chi connectivity index (χ2n) is 7.26. The molecule has 0 unspecified atom stereocenters. The summed E-state index contributed by atoms with van der Waals surface area (Å²) < 4.78 is 15.7. The summed E-state index contributed by atoms with van der Waals surface area (Å²) in [4.78, 5) is 35.1. The Labute approximate surface area is 173 Å². The molecule has 0 saturated carbocycles. The van der Waals surface area contributed by atoms with Gasteiger partial charge in [0.1, 0.15) is 10.6 Å². The number of rotatable bonds is 3. The summed E-state index contributed by atoms with van der Waals surface area (Å²) in [5.41, 5.74) is 1.73. The first-order valence-corrected chi connectivity index (χ1v) is 11.3. The molecule has 0 saturated heterocycles. The molecule has 1 aliphatic carbocycles. The zero-order valence-corrected chi connectivity index (χ0v) is 17.4. The molecule has 3 heterocycles. The van der Waals surface area contributed by atoms with Gasteiger partial charge in [-0.3, -0.25) is 14.2 Å². The summed E-state index contributed by atoms with van der Waals surface area (Å²) in [6.45, 7) is 0. The van der Waals surface area contributed by atoms with Gasteiger partial charge in [-0.25, -0.2) is 9.37 Å². The van der Waals surface area contributed by atoms with Crippen molar-refractivity contribution in [1.29, 1.82) is 0 Å². The van der Waals surface area contributed by atoms with E-state index in [1.54, 1.807) is 29.0 Å². The van der Waals surface area contributed by atoms with E-state index < -0.39 is 5.82 Å². The summed E-state index contributed by atoms with van der Waals surface area (Å²) in [5.74, 6) is -0.0707. The third-order valence-electron chi connectivity index (χ3n) is 5.38. The van der Waals surface area contributed by atoms with Crippen molar-refractivity contribution in [3.63, 3.8) is 0 Å². The number of aromatic nitrogens is 3. The highest BCUT2D eigenvalue weighted by Crippen LogP contribution is 2.34. The minimum Gasteiger partial charge on any atom is -0.355 e. The molecule has 1 aliphatic rings. The summed E-state index contributed by atoms with van der Waals surface area (Å²) in [7, 11) is 1.73. The number of hydrogen-bond acceptors (Lipinski definition) is 5. The highest BCUT2D eigenvalue weighted by atomic mass is 32.2. The number of nitrogens with zero attached hydrogens (tertiary/aromatic N) is 2. The van der Waals surface area contributed by atoms with Gasteiger partial charge in [-0.15, -0.1) is 11.3 Å². The molecule has 8 heteroatoms. The number of pyridine rings is 1. The van der Waals surface area contributed by atoms with E-state index in [9.17, 15) is 14.0 Å². The van der Waals surface area contributed by atoms with E-state index in [0.717, 1.165) is 35.9 Å². The zero-order chi connectivity index (χ0) is 20.1. The standard InChI is InChI=1S/C21H18FN3O2S2/c1-25-20(27)17-13-5-2-3-8-16(13)29-19(17)24-21(25)28-10-11-9-15(26)12-6-4-7-14(22)18(12)23-11/h4,6-7,9H,2-3,5,8,10H2,1H3,(H,23,26). The number of H-pyrrole nitrogens is 1. The van der Waals surface area contributed by atoms with E-state index in [2.05, 4.69) is 4.98 Å². The quantitative estimate of drug-likeness (QED) is 0.394. The number of benzene rings is 1. The first-order chi connectivity index (χ1) is 14.0. The molecule has 148 valence electrons. The minimum atomic E-state index is -0.456. The van der Waals surface area contributed by atoms with Crippen LogP contribution in [0.15, 0.2) is 39.0 Å². The van der Waals surface area contributed by atoms with Crippen molar-refractivity contribution in [2.75, 3.05) is 0 Å². The van der Waals surface area contributed by atoms with E-state index in [4.69, 9.17) is 4.98 Å². The molecule has 5 rings (SSSR count). The molecular formula is C21H18FN3O2S2. The van der Waals surface area contributed by atoms with Gasteiger partial charge in [0.25, 0.3) is 5.56 Å². The highest BCUT2D eigenvalue weighted by molar-refractivity contribution is 7.98. The molecule has 0 amide bonds. The first kappa shape index (κ1) is 18.6. The van der Waals surface area contributed by atoms with Crippen LogP contribution in [-0.2, 0) is 25.6 Å². The molecule has 0 aliphatic heterocycles. The van der Waals surface area contributed by atoms with Gasteiger partial charge in [0.15, 0.2) is 10.6 Å². The molecule has 1 N–H and O–H groups in total. The monoisotopic (exact) mass is 427 g/mol. The van der Waals surface area contributed by atoms with Gasteiger partial charge in [0.2, 0.25) is 0 Å². The Kier molecular flexibility index (Phi) is 4.55. The number of hydrogen-bond donors (Lipinski definition) is 1. The highest BCUT2D eigenvalue weighted by Gasteiger charge is 2.21. The van der Waals surface area contributed by atoms with E-state index in [1.807, 2.05) is 0 Å². The van der Waals surface area contributed by atoms with Gasteiger partial charge in [-0.05, 0) is 43.4 Å². The zero-order valence-electron chi connectivity index (χ0n) is 15.8. The maximum absolute atomic E-state index is 14.1. The molecule has 0 spiro atoms. The fourth-order valence-corrected chi connectivity index (χ4v) is 6.09. The number of halogens is 1. The maximum atomic E-state index is 14.1. The Balaban J connectivity index is 1.52. The SMILES string of the molecule is Cn1c(SCc2cc(=O)c3cccc(F)c3[nH]2)nc2sc3c(c2c1=O)CCCC3. The lowest BCUT2D eigenvalue weighted by atomic mass is 9.97. The van der Waals surface area contributed by atoms with Crippen LogP contribution in [0.4, 0.5) is 4.39 Å². The van der Waals surface area contributed by atoms with Crippen LogP contribution < -0.4 is 11.0 Å². The number of thioether (sulfide) groups is 1. The summed E-state index contributed by atoms with van der Waals surface area (Å²) in [6.07, 6.45) is 4.24. The summed E-state index contributed by atoms with van der Waals surface area (Å²) >= 11 is 2.98. The predicted molar refractivity (Wildman–Crippen MR) is 116 cm³/mol. The molecule has 5 nitrogen and oxygen atoms in total. The van der Waals surface area contributed by atoms with Crippen LogP contribution >= 0.6 is 23.1 Å². The van der Waals surface area contributed by atoms with Crippen molar-refractivity contribution in [2.24, 2.45) is 7.05 Å². The Hall–Kier alpha value is -2.45. The Morgan fingerprint density at radius 3 is 2.97 bits per heavy atom. The second kappa shape index (κ2) is 7.11. The van der Waals surface area contributed by atoms with Crippen molar-refractivity contribution in [1.82, 2.24) is 14.5 Å².